The molecule has 4 aromatic rings. The minimum absolute atomic E-state index is 0.228. The third-order valence-electron chi connectivity index (χ3n) is 4.04. The molecule has 0 bridgehead atoms. The summed E-state index contributed by atoms with van der Waals surface area (Å²) in [7, 11) is 0. The second-order valence-electron chi connectivity index (χ2n) is 5.92. The summed E-state index contributed by atoms with van der Waals surface area (Å²) in [6, 6.07) is 14.3. The highest BCUT2D eigenvalue weighted by Crippen LogP contribution is 2.25. The van der Waals surface area contributed by atoms with Crippen LogP contribution in [0.2, 0.25) is 5.02 Å². The number of aryl methyl sites for hydroxylation is 1. The number of rotatable bonds is 4. The van der Waals surface area contributed by atoms with E-state index in [9.17, 15) is 4.79 Å². The molecular formula is C20H15ClN4O2. The fraction of sp³-hybridized carbons (Fsp3) is 0.0500. The number of hydrogen-bond acceptors (Lipinski definition) is 4. The first kappa shape index (κ1) is 17.1. The van der Waals surface area contributed by atoms with E-state index >= 15 is 0 Å². The van der Waals surface area contributed by atoms with Crippen molar-refractivity contribution in [3.8, 4) is 11.5 Å². The average molecular weight is 379 g/mol. The van der Waals surface area contributed by atoms with E-state index in [1.165, 1.54) is 0 Å². The van der Waals surface area contributed by atoms with Gasteiger partial charge in [-0.2, -0.15) is 0 Å². The molecule has 2 N–H and O–H groups in total. The highest BCUT2D eigenvalue weighted by Gasteiger charge is 2.14. The van der Waals surface area contributed by atoms with Crippen molar-refractivity contribution >= 4 is 34.2 Å². The first-order chi connectivity index (χ1) is 13.1. The van der Waals surface area contributed by atoms with Gasteiger partial charge in [0.1, 0.15) is 11.5 Å². The summed E-state index contributed by atoms with van der Waals surface area (Å²) in [5.74, 6) is 1.19. The molecular weight excluding hydrogens is 364 g/mol. The lowest BCUT2D eigenvalue weighted by molar-refractivity contribution is 0.101. The number of H-pyrrole nitrogens is 1. The molecule has 6 nitrogen and oxygen atoms in total. The molecule has 0 fully saturated rings. The van der Waals surface area contributed by atoms with Crippen LogP contribution in [0.1, 0.15) is 16.2 Å². The van der Waals surface area contributed by atoms with Gasteiger partial charge in [-0.1, -0.05) is 11.6 Å². The molecule has 27 heavy (non-hydrogen) atoms. The van der Waals surface area contributed by atoms with Crippen molar-refractivity contribution in [2.75, 3.05) is 5.32 Å². The van der Waals surface area contributed by atoms with Crippen molar-refractivity contribution in [1.29, 1.82) is 0 Å². The zero-order valence-corrected chi connectivity index (χ0v) is 15.1. The Hall–Kier alpha value is -3.38. The van der Waals surface area contributed by atoms with Crippen molar-refractivity contribution in [2.24, 2.45) is 0 Å². The maximum absolute atomic E-state index is 12.5. The zero-order chi connectivity index (χ0) is 18.8. The topological polar surface area (TPSA) is 79.9 Å². The van der Waals surface area contributed by atoms with E-state index in [4.69, 9.17) is 16.3 Å². The summed E-state index contributed by atoms with van der Waals surface area (Å²) in [5, 5.41) is 3.43. The highest BCUT2D eigenvalue weighted by molar-refractivity contribution is 6.32. The molecule has 0 spiro atoms. The van der Waals surface area contributed by atoms with Crippen LogP contribution in [0.5, 0.6) is 11.5 Å². The van der Waals surface area contributed by atoms with E-state index in [-0.39, 0.29) is 11.7 Å². The van der Waals surface area contributed by atoms with Gasteiger partial charge in [-0.05, 0) is 61.0 Å². The van der Waals surface area contributed by atoms with Crippen LogP contribution in [0.4, 0.5) is 5.69 Å². The first-order valence-corrected chi connectivity index (χ1v) is 8.62. The van der Waals surface area contributed by atoms with Crippen LogP contribution in [0.25, 0.3) is 11.0 Å². The number of hydrogen-bond donors (Lipinski definition) is 2. The quantitative estimate of drug-likeness (QED) is 0.525. The van der Waals surface area contributed by atoms with Crippen molar-refractivity contribution in [3.05, 3.63) is 77.3 Å². The third kappa shape index (κ3) is 3.61. The Morgan fingerprint density at radius 3 is 2.67 bits per heavy atom. The van der Waals surface area contributed by atoms with Crippen LogP contribution in [-0.4, -0.2) is 20.9 Å². The number of carbonyl (C=O) groups is 1. The molecule has 1 amide bonds. The largest absolute Gasteiger partial charge is 0.456 e. The number of pyridine rings is 1. The number of benzene rings is 2. The van der Waals surface area contributed by atoms with Crippen LogP contribution in [-0.2, 0) is 0 Å². The lowest BCUT2D eigenvalue weighted by Crippen LogP contribution is -2.13. The number of aromatic amines is 1. The van der Waals surface area contributed by atoms with Crippen LogP contribution in [0.3, 0.4) is 0 Å². The zero-order valence-electron chi connectivity index (χ0n) is 14.4. The summed E-state index contributed by atoms with van der Waals surface area (Å²) in [4.78, 5) is 23.9. The number of nitrogens with one attached hydrogen (secondary N) is 2. The maximum Gasteiger partial charge on any atom is 0.291 e. The van der Waals surface area contributed by atoms with Crippen LogP contribution in [0, 0.1) is 6.92 Å². The van der Waals surface area contributed by atoms with Gasteiger partial charge in [-0.3, -0.25) is 9.78 Å². The maximum atomic E-state index is 12.5. The van der Waals surface area contributed by atoms with E-state index in [2.05, 4.69) is 20.3 Å². The Labute approximate surface area is 160 Å². The molecule has 0 aliphatic carbocycles. The Morgan fingerprint density at radius 1 is 1.11 bits per heavy atom. The number of anilines is 1. The monoisotopic (exact) mass is 378 g/mol. The number of amides is 1. The van der Waals surface area contributed by atoms with Gasteiger partial charge in [-0.25, -0.2) is 4.98 Å². The first-order valence-electron chi connectivity index (χ1n) is 8.24. The number of ether oxygens (including phenoxy) is 1. The lowest BCUT2D eigenvalue weighted by atomic mass is 10.2. The van der Waals surface area contributed by atoms with Gasteiger partial charge in [0.25, 0.3) is 5.91 Å². The molecule has 2 aromatic carbocycles. The fourth-order valence-corrected chi connectivity index (χ4v) is 2.79. The molecule has 0 radical (unpaired) electrons. The van der Waals surface area contributed by atoms with Gasteiger partial charge in [0.05, 0.1) is 17.2 Å². The summed E-state index contributed by atoms with van der Waals surface area (Å²) in [6.07, 6.45) is 3.31. The van der Waals surface area contributed by atoms with Gasteiger partial charge in [0.2, 0.25) is 0 Å². The number of fused-ring (bicyclic) bond motifs is 1. The second kappa shape index (κ2) is 7.09. The molecule has 0 atom stereocenters. The molecule has 2 heterocycles. The van der Waals surface area contributed by atoms with E-state index in [0.717, 1.165) is 11.1 Å². The van der Waals surface area contributed by atoms with Crippen LogP contribution in [0.15, 0.2) is 60.9 Å². The molecule has 7 heteroatoms. The Balaban J connectivity index is 1.49. The number of nitrogens with zero attached hydrogens (tertiary/aromatic N) is 2. The average Bonchev–Trinajstić information content (AvgIpc) is 3.12. The fourth-order valence-electron chi connectivity index (χ4n) is 2.64. The smallest absolute Gasteiger partial charge is 0.291 e. The molecule has 2 aromatic heterocycles. The Morgan fingerprint density at radius 2 is 1.93 bits per heavy atom. The van der Waals surface area contributed by atoms with E-state index in [1.807, 2.05) is 13.0 Å². The number of aromatic nitrogens is 3. The molecule has 0 aliphatic heterocycles. The standard InChI is InChI=1S/C20H15ClN4O2/c1-12-16(21)8-9-17-18(12)25-19(24-17)20(26)23-13-4-6-14(7-5-13)27-15-3-2-10-22-11-15/h2-11H,1H3,(H,23,26)(H,24,25). The van der Waals surface area contributed by atoms with Gasteiger partial charge < -0.3 is 15.0 Å². The van der Waals surface area contributed by atoms with Crippen LogP contribution < -0.4 is 10.1 Å². The van der Waals surface area contributed by atoms with Crippen molar-refractivity contribution in [2.45, 2.75) is 6.92 Å². The molecule has 0 aliphatic rings. The highest BCUT2D eigenvalue weighted by atomic mass is 35.5. The summed E-state index contributed by atoms with van der Waals surface area (Å²) in [6.45, 7) is 1.87. The minimum atomic E-state index is -0.331. The lowest BCUT2D eigenvalue weighted by Gasteiger charge is -2.07. The molecule has 0 saturated heterocycles. The van der Waals surface area contributed by atoms with Crippen LogP contribution >= 0.6 is 11.6 Å². The Kier molecular flexibility index (Phi) is 4.48. The minimum Gasteiger partial charge on any atom is -0.456 e. The van der Waals surface area contributed by atoms with E-state index in [0.29, 0.717) is 27.7 Å². The van der Waals surface area contributed by atoms with Gasteiger partial charge in [0.15, 0.2) is 5.82 Å². The van der Waals surface area contributed by atoms with Gasteiger partial charge in [-0.15, -0.1) is 0 Å². The predicted molar refractivity (Wildman–Crippen MR) is 105 cm³/mol. The summed E-state index contributed by atoms with van der Waals surface area (Å²) in [5.41, 5.74) is 2.92. The van der Waals surface area contributed by atoms with Gasteiger partial charge >= 0.3 is 0 Å². The molecule has 0 saturated carbocycles. The van der Waals surface area contributed by atoms with E-state index in [1.54, 1.807) is 54.9 Å². The van der Waals surface area contributed by atoms with Crippen molar-refractivity contribution in [3.63, 3.8) is 0 Å². The van der Waals surface area contributed by atoms with Gasteiger partial charge in [0, 0.05) is 16.9 Å². The molecule has 134 valence electrons. The predicted octanol–water partition coefficient (Wildman–Crippen LogP) is 4.96. The SMILES string of the molecule is Cc1c(Cl)ccc2[nH]c(C(=O)Nc3ccc(Oc4cccnc4)cc3)nc12. The number of halogens is 1. The number of imidazole rings is 1. The van der Waals surface area contributed by atoms with E-state index < -0.39 is 0 Å². The number of carbonyl (C=O) groups excluding carboxylic acids is 1. The second-order valence-corrected chi connectivity index (χ2v) is 6.33. The third-order valence-corrected chi connectivity index (χ3v) is 4.45. The van der Waals surface area contributed by atoms with Crippen molar-refractivity contribution in [1.82, 2.24) is 15.0 Å². The Bertz CT molecular complexity index is 1110. The molecule has 4 rings (SSSR count). The molecule has 0 unspecified atom stereocenters. The van der Waals surface area contributed by atoms with Crippen molar-refractivity contribution < 1.29 is 9.53 Å². The normalized spacial score (nSPS) is 10.7. The summed E-state index contributed by atoms with van der Waals surface area (Å²) >= 11 is 6.11. The summed E-state index contributed by atoms with van der Waals surface area (Å²) < 4.78 is 5.68.